The molecule has 10 heteroatoms. The summed E-state index contributed by atoms with van der Waals surface area (Å²) in [5, 5.41) is 3.09. The van der Waals surface area contributed by atoms with Crippen LogP contribution in [0.2, 0.25) is 0 Å². The Labute approximate surface area is 205 Å². The Morgan fingerprint density at radius 2 is 1.77 bits per heavy atom. The van der Waals surface area contributed by atoms with Crippen molar-refractivity contribution in [2.24, 2.45) is 0 Å². The number of hydrogen-bond acceptors (Lipinski definition) is 6. The molecule has 0 unspecified atom stereocenters. The van der Waals surface area contributed by atoms with E-state index in [0.29, 0.717) is 43.5 Å². The van der Waals surface area contributed by atoms with Crippen molar-refractivity contribution in [2.75, 3.05) is 18.4 Å². The van der Waals surface area contributed by atoms with Crippen LogP contribution in [-0.2, 0) is 15.6 Å². The van der Waals surface area contributed by atoms with Gasteiger partial charge in [-0.1, -0.05) is 42.5 Å². The zero-order valence-corrected chi connectivity index (χ0v) is 20.3. The number of methoxy groups -OCH3 is 1. The molecule has 3 N–H and O–H groups in total. The predicted molar refractivity (Wildman–Crippen MR) is 133 cm³/mol. The molecule has 1 amide bonds. The van der Waals surface area contributed by atoms with E-state index < -0.39 is 10.2 Å². The van der Waals surface area contributed by atoms with Gasteiger partial charge in [-0.05, 0) is 43.4 Å². The lowest BCUT2D eigenvalue weighted by Crippen LogP contribution is -2.48. The van der Waals surface area contributed by atoms with Gasteiger partial charge in [0.1, 0.15) is 5.75 Å². The van der Waals surface area contributed by atoms with Crippen molar-refractivity contribution < 1.29 is 17.9 Å². The minimum atomic E-state index is -3.79. The van der Waals surface area contributed by atoms with Crippen molar-refractivity contribution in [1.82, 2.24) is 20.0 Å². The molecule has 0 bridgehead atoms. The van der Waals surface area contributed by atoms with Crippen molar-refractivity contribution in [3.05, 3.63) is 84.3 Å². The van der Waals surface area contributed by atoms with Crippen LogP contribution in [0.5, 0.6) is 5.75 Å². The molecule has 1 heterocycles. The van der Waals surface area contributed by atoms with E-state index in [9.17, 15) is 13.2 Å². The summed E-state index contributed by atoms with van der Waals surface area (Å²) >= 11 is 0. The number of nitrogens with one attached hydrogen (secondary N) is 3. The highest BCUT2D eigenvalue weighted by molar-refractivity contribution is 7.90. The zero-order chi connectivity index (χ0) is 24.7. The van der Waals surface area contributed by atoms with E-state index >= 15 is 0 Å². The molecule has 1 aliphatic carbocycles. The molecule has 0 radical (unpaired) electrons. The lowest BCUT2D eigenvalue weighted by molar-refractivity contribution is 0.0932. The standard InChI is InChI=1S/C25H29N5O4S/c1-34-22-10-6-5-9-21(22)24(31)28-18-25(19-7-3-2-4-8-19)13-11-20(12-14-25)29-35(32,33)30-23-17-26-15-16-27-23/h2-10,15-17,20,29H,11-14,18H2,1H3,(H,27,30)(H,28,31). The van der Waals surface area contributed by atoms with Crippen molar-refractivity contribution in [3.63, 3.8) is 0 Å². The van der Waals surface area contributed by atoms with Gasteiger partial charge in [0.25, 0.3) is 5.91 Å². The molecule has 3 aromatic rings. The molecule has 1 saturated carbocycles. The first kappa shape index (κ1) is 24.6. The first-order valence-corrected chi connectivity index (χ1v) is 12.9. The number of amides is 1. The SMILES string of the molecule is COc1ccccc1C(=O)NCC1(c2ccccc2)CCC(NS(=O)(=O)Nc2cnccn2)CC1. The maximum absolute atomic E-state index is 13.0. The minimum absolute atomic E-state index is 0.161. The molecule has 9 nitrogen and oxygen atoms in total. The highest BCUT2D eigenvalue weighted by Crippen LogP contribution is 2.39. The number of benzene rings is 2. The van der Waals surface area contributed by atoms with Crippen molar-refractivity contribution in [3.8, 4) is 5.75 Å². The number of hydrogen-bond donors (Lipinski definition) is 3. The number of nitrogens with zero attached hydrogens (tertiary/aromatic N) is 2. The maximum Gasteiger partial charge on any atom is 0.300 e. The Hall–Kier alpha value is -3.50. The summed E-state index contributed by atoms with van der Waals surface area (Å²) in [5.41, 5.74) is 1.30. The quantitative estimate of drug-likeness (QED) is 0.419. The Morgan fingerprint density at radius 3 is 2.46 bits per heavy atom. The van der Waals surface area contributed by atoms with Crippen molar-refractivity contribution in [2.45, 2.75) is 37.1 Å². The highest BCUT2D eigenvalue weighted by Gasteiger charge is 2.38. The van der Waals surface area contributed by atoms with Gasteiger partial charge in [0.2, 0.25) is 0 Å². The Balaban J connectivity index is 1.44. The number of anilines is 1. The molecule has 1 aromatic heterocycles. The third-order valence-electron chi connectivity index (χ3n) is 6.39. The summed E-state index contributed by atoms with van der Waals surface area (Å²) in [7, 11) is -2.25. The van der Waals surface area contributed by atoms with Crippen molar-refractivity contribution >= 4 is 21.9 Å². The summed E-state index contributed by atoms with van der Waals surface area (Å²) in [4.78, 5) is 20.8. The van der Waals surface area contributed by atoms with Crippen LogP contribution in [0.3, 0.4) is 0 Å². The van der Waals surface area contributed by atoms with Gasteiger partial charge >= 0.3 is 10.2 Å². The van der Waals surface area contributed by atoms with Gasteiger partial charge in [-0.2, -0.15) is 13.1 Å². The van der Waals surface area contributed by atoms with E-state index in [-0.39, 0.29) is 23.2 Å². The van der Waals surface area contributed by atoms with E-state index in [1.54, 1.807) is 25.3 Å². The van der Waals surface area contributed by atoms with Gasteiger partial charge in [0, 0.05) is 30.4 Å². The smallest absolute Gasteiger partial charge is 0.300 e. The fourth-order valence-corrected chi connectivity index (χ4v) is 5.68. The predicted octanol–water partition coefficient (Wildman–Crippen LogP) is 3.04. The van der Waals surface area contributed by atoms with Gasteiger partial charge in [-0.15, -0.1) is 0 Å². The number of carbonyl (C=O) groups excluding carboxylic acids is 1. The monoisotopic (exact) mass is 495 g/mol. The molecule has 184 valence electrons. The number of rotatable bonds is 9. The maximum atomic E-state index is 13.0. The van der Waals surface area contributed by atoms with E-state index in [0.717, 1.165) is 5.56 Å². The normalized spacial score (nSPS) is 20.1. The third-order valence-corrected chi connectivity index (χ3v) is 7.51. The molecular weight excluding hydrogens is 466 g/mol. The first-order valence-electron chi connectivity index (χ1n) is 11.4. The lowest BCUT2D eigenvalue weighted by Gasteiger charge is -2.41. The average molecular weight is 496 g/mol. The molecule has 2 aromatic carbocycles. The summed E-state index contributed by atoms with van der Waals surface area (Å²) in [6, 6.07) is 16.9. The summed E-state index contributed by atoms with van der Waals surface area (Å²) in [5.74, 6) is 0.481. The second-order valence-electron chi connectivity index (χ2n) is 8.62. The third kappa shape index (κ3) is 6.14. The molecule has 1 aliphatic rings. The van der Waals surface area contributed by atoms with E-state index in [4.69, 9.17) is 4.74 Å². The Bertz CT molecular complexity index is 1230. The second-order valence-corrected chi connectivity index (χ2v) is 10.1. The van der Waals surface area contributed by atoms with Crippen LogP contribution in [0.4, 0.5) is 5.82 Å². The van der Waals surface area contributed by atoms with Crippen LogP contribution in [0.15, 0.2) is 73.2 Å². The van der Waals surface area contributed by atoms with Crippen LogP contribution in [-0.4, -0.2) is 44.0 Å². The van der Waals surface area contributed by atoms with E-state index in [1.807, 2.05) is 24.3 Å². The van der Waals surface area contributed by atoms with Gasteiger partial charge in [-0.25, -0.2) is 4.98 Å². The van der Waals surface area contributed by atoms with Crippen molar-refractivity contribution in [1.29, 1.82) is 0 Å². The number of ether oxygens (including phenoxy) is 1. The van der Waals surface area contributed by atoms with Gasteiger partial charge in [0.05, 0.1) is 18.9 Å². The topological polar surface area (TPSA) is 122 Å². The second kappa shape index (κ2) is 10.8. The number of para-hydroxylation sites is 1. The molecule has 0 aliphatic heterocycles. The summed E-state index contributed by atoms with van der Waals surface area (Å²) < 4.78 is 35.6. The van der Waals surface area contributed by atoms with Crippen LogP contribution < -0.4 is 19.5 Å². The summed E-state index contributed by atoms with van der Waals surface area (Å²) in [6.45, 7) is 0.436. The lowest BCUT2D eigenvalue weighted by atomic mass is 9.68. The molecule has 0 spiro atoms. The van der Waals surface area contributed by atoms with Crippen LogP contribution in [0.1, 0.15) is 41.6 Å². The van der Waals surface area contributed by atoms with Gasteiger partial charge in [-0.3, -0.25) is 14.5 Å². The molecule has 4 rings (SSSR count). The molecule has 0 atom stereocenters. The fourth-order valence-electron chi connectivity index (χ4n) is 4.56. The van der Waals surface area contributed by atoms with Gasteiger partial charge in [0.15, 0.2) is 5.82 Å². The first-order chi connectivity index (χ1) is 16.9. The molecule has 0 saturated heterocycles. The van der Waals surface area contributed by atoms with E-state index in [2.05, 4.69) is 36.9 Å². The minimum Gasteiger partial charge on any atom is -0.496 e. The van der Waals surface area contributed by atoms with Crippen LogP contribution in [0.25, 0.3) is 0 Å². The zero-order valence-electron chi connectivity index (χ0n) is 19.5. The molecule has 35 heavy (non-hydrogen) atoms. The molecular formula is C25H29N5O4S. The van der Waals surface area contributed by atoms with E-state index in [1.165, 1.54) is 18.6 Å². The fraction of sp³-hybridized carbons (Fsp3) is 0.320. The largest absolute Gasteiger partial charge is 0.496 e. The van der Waals surface area contributed by atoms with Gasteiger partial charge < -0.3 is 10.1 Å². The Kier molecular flexibility index (Phi) is 7.62. The average Bonchev–Trinajstić information content (AvgIpc) is 2.89. The summed E-state index contributed by atoms with van der Waals surface area (Å²) in [6.07, 6.45) is 6.92. The number of aromatic nitrogens is 2. The Morgan fingerprint density at radius 1 is 1.06 bits per heavy atom. The number of carbonyl (C=O) groups is 1. The van der Waals surface area contributed by atoms with Crippen LogP contribution in [0, 0.1) is 0 Å². The molecule has 1 fully saturated rings. The van der Waals surface area contributed by atoms with Crippen LogP contribution >= 0.6 is 0 Å². The highest BCUT2D eigenvalue weighted by atomic mass is 32.2.